The van der Waals surface area contributed by atoms with Crippen molar-refractivity contribution in [2.45, 2.75) is 73.6 Å². The quantitative estimate of drug-likeness (QED) is 0.214. The number of rotatable bonds is 11. The zero-order valence-corrected chi connectivity index (χ0v) is 23.5. The Bertz CT molecular complexity index is 1140. The molecule has 198 valence electrons. The summed E-state index contributed by atoms with van der Waals surface area (Å²) in [7, 11) is 0. The van der Waals surface area contributed by atoms with Gasteiger partial charge in [-0.3, -0.25) is 9.59 Å². The number of benzene rings is 2. The molecule has 0 aliphatic heterocycles. The van der Waals surface area contributed by atoms with E-state index < -0.39 is 0 Å². The van der Waals surface area contributed by atoms with Crippen molar-refractivity contribution >= 4 is 29.2 Å². The largest absolute Gasteiger partial charge is 0.493 e. The second-order valence-corrected chi connectivity index (χ2v) is 8.96. The fraction of sp³-hybridized carbons (Fsp3) is 0.467. The van der Waals surface area contributed by atoms with Gasteiger partial charge < -0.3 is 14.5 Å². The van der Waals surface area contributed by atoms with Crippen LogP contribution in [0.4, 0.5) is 0 Å². The Kier molecular flexibility index (Phi) is 14.1. The molecule has 0 aliphatic rings. The van der Waals surface area contributed by atoms with Gasteiger partial charge in [-0.2, -0.15) is 0 Å². The maximum Gasteiger partial charge on any atom is 0.228 e. The molecule has 0 saturated carbocycles. The van der Waals surface area contributed by atoms with Gasteiger partial charge in [0.05, 0.1) is 12.0 Å². The first-order chi connectivity index (χ1) is 16.8. The number of ketones is 1. The van der Waals surface area contributed by atoms with E-state index in [-0.39, 0.29) is 29.4 Å². The molecule has 0 spiro atoms. The van der Waals surface area contributed by atoms with Crippen LogP contribution < -0.4 is 15.5 Å². The van der Waals surface area contributed by atoms with Crippen molar-refractivity contribution in [3.8, 4) is 5.75 Å². The number of aryl methyl sites for hydroxylation is 2. The van der Waals surface area contributed by atoms with E-state index in [2.05, 4.69) is 19.2 Å². The van der Waals surface area contributed by atoms with Gasteiger partial charge >= 0.3 is 0 Å². The van der Waals surface area contributed by atoms with Crippen LogP contribution in [0, 0.1) is 20.8 Å². The third-order valence-corrected chi connectivity index (χ3v) is 5.82. The number of fused-ring (bicyclic) bond motifs is 1. The van der Waals surface area contributed by atoms with E-state index in [4.69, 9.17) is 9.15 Å². The van der Waals surface area contributed by atoms with Crippen LogP contribution in [-0.4, -0.2) is 25.5 Å². The van der Waals surface area contributed by atoms with Gasteiger partial charge in [0.1, 0.15) is 11.3 Å². The molecule has 6 heteroatoms. The maximum absolute atomic E-state index is 13.0. The fourth-order valence-electron chi connectivity index (χ4n) is 3.82. The summed E-state index contributed by atoms with van der Waals surface area (Å²) in [5.74, 6) is 0.605. The molecule has 1 heterocycles. The maximum atomic E-state index is 13.0. The lowest BCUT2D eigenvalue weighted by molar-refractivity contribution is 0.101. The molecule has 0 aliphatic carbocycles. The van der Waals surface area contributed by atoms with E-state index in [9.17, 15) is 9.59 Å². The lowest BCUT2D eigenvalue weighted by Gasteiger charge is -2.13. The lowest BCUT2D eigenvalue weighted by atomic mass is 9.99. The van der Waals surface area contributed by atoms with Crippen LogP contribution >= 0.6 is 12.4 Å². The third kappa shape index (κ3) is 8.49. The van der Waals surface area contributed by atoms with Gasteiger partial charge in [-0.25, -0.2) is 0 Å². The minimum absolute atomic E-state index is 0. The van der Waals surface area contributed by atoms with Gasteiger partial charge in [0.15, 0.2) is 11.2 Å². The second-order valence-electron chi connectivity index (χ2n) is 8.96. The Balaban J connectivity index is 0.000000557. The number of hydrogen-bond acceptors (Lipinski definition) is 5. The van der Waals surface area contributed by atoms with Crippen molar-refractivity contribution < 1.29 is 13.9 Å². The smallest absolute Gasteiger partial charge is 0.228 e. The topological polar surface area (TPSA) is 68.5 Å². The first-order valence-electron chi connectivity index (χ1n) is 12.9. The highest BCUT2D eigenvalue weighted by atomic mass is 35.5. The first kappa shape index (κ1) is 31.4. The van der Waals surface area contributed by atoms with E-state index in [1.165, 1.54) is 38.8 Å². The molecule has 0 saturated heterocycles. The average Bonchev–Trinajstić information content (AvgIpc) is 2.85. The molecule has 5 nitrogen and oxygen atoms in total. The average molecular weight is 516 g/mol. The molecule has 1 aromatic heterocycles. The second kappa shape index (κ2) is 16.2. The summed E-state index contributed by atoms with van der Waals surface area (Å²) < 4.78 is 11.6. The Morgan fingerprint density at radius 2 is 1.50 bits per heavy atom. The van der Waals surface area contributed by atoms with Crippen LogP contribution in [0.5, 0.6) is 5.75 Å². The number of unbranched alkanes of at least 4 members (excludes halogenated alkanes) is 2. The van der Waals surface area contributed by atoms with E-state index in [1.54, 1.807) is 43.3 Å². The Labute approximate surface area is 222 Å². The standard InChI is InChI=1S/C22H22O4.C8H19N.ClH/c1-5-10-25-21-13(2)11-16(12-14(21)3)20(24)22-15(4)19(23)17-8-6-7-9-18(17)26-22;1-3-5-7-9-8-6-4-2;/h6-9,11-12H,5,10H2,1-4H3;9H,3-8H2,1-2H3;1H. The van der Waals surface area contributed by atoms with E-state index >= 15 is 0 Å². The van der Waals surface area contributed by atoms with E-state index in [0.29, 0.717) is 28.7 Å². The highest BCUT2D eigenvalue weighted by molar-refractivity contribution is 6.09. The Morgan fingerprint density at radius 3 is 2.06 bits per heavy atom. The van der Waals surface area contributed by atoms with Crippen LogP contribution in [0.25, 0.3) is 11.0 Å². The molecule has 3 aromatic rings. The highest BCUT2D eigenvalue weighted by Crippen LogP contribution is 2.27. The minimum Gasteiger partial charge on any atom is -0.493 e. The first-order valence-corrected chi connectivity index (χ1v) is 12.9. The number of ether oxygens (including phenoxy) is 1. The predicted molar refractivity (Wildman–Crippen MR) is 152 cm³/mol. The number of carbonyl (C=O) groups excluding carboxylic acids is 1. The highest BCUT2D eigenvalue weighted by Gasteiger charge is 2.20. The van der Waals surface area contributed by atoms with E-state index in [1.807, 2.05) is 20.8 Å². The number of para-hydroxylation sites is 1. The lowest BCUT2D eigenvalue weighted by Crippen LogP contribution is -2.15. The normalized spacial score (nSPS) is 10.4. The molecule has 0 amide bonds. The summed E-state index contributed by atoms with van der Waals surface area (Å²) in [4.78, 5) is 25.6. The van der Waals surface area contributed by atoms with Crippen molar-refractivity contribution in [2.24, 2.45) is 0 Å². The van der Waals surface area contributed by atoms with Crippen LogP contribution in [0.1, 0.15) is 85.7 Å². The van der Waals surface area contributed by atoms with Crippen LogP contribution in [0.15, 0.2) is 45.6 Å². The summed E-state index contributed by atoms with van der Waals surface area (Å²) in [6, 6.07) is 10.5. The molecule has 0 bridgehead atoms. The van der Waals surface area contributed by atoms with Gasteiger partial charge in [-0.15, -0.1) is 12.4 Å². The summed E-state index contributed by atoms with van der Waals surface area (Å²) >= 11 is 0. The summed E-state index contributed by atoms with van der Waals surface area (Å²) in [5, 5.41) is 3.87. The Hall–Kier alpha value is -2.63. The van der Waals surface area contributed by atoms with Crippen LogP contribution in [-0.2, 0) is 0 Å². The molecule has 0 fully saturated rings. The monoisotopic (exact) mass is 515 g/mol. The zero-order valence-electron chi connectivity index (χ0n) is 22.7. The third-order valence-electron chi connectivity index (χ3n) is 5.82. The van der Waals surface area contributed by atoms with E-state index in [0.717, 1.165) is 23.3 Å². The zero-order chi connectivity index (χ0) is 25.8. The molecule has 0 atom stereocenters. The fourth-order valence-corrected chi connectivity index (χ4v) is 3.82. The van der Waals surface area contributed by atoms with Crippen molar-refractivity contribution in [1.82, 2.24) is 5.32 Å². The summed E-state index contributed by atoms with van der Waals surface area (Å²) in [5.41, 5.74) is 2.85. The molecule has 2 aromatic carbocycles. The molecular formula is C30H42ClNO4. The summed E-state index contributed by atoms with van der Waals surface area (Å²) in [6.45, 7) is 15.0. The summed E-state index contributed by atoms with van der Waals surface area (Å²) in [6.07, 6.45) is 6.17. The van der Waals surface area contributed by atoms with Gasteiger partial charge in [0.2, 0.25) is 5.78 Å². The number of carbonyl (C=O) groups is 1. The van der Waals surface area contributed by atoms with Crippen molar-refractivity contribution in [2.75, 3.05) is 19.7 Å². The minimum atomic E-state index is -0.293. The van der Waals surface area contributed by atoms with Crippen molar-refractivity contribution in [3.05, 3.63) is 74.6 Å². The number of hydrogen-bond donors (Lipinski definition) is 1. The van der Waals surface area contributed by atoms with Crippen molar-refractivity contribution in [1.29, 1.82) is 0 Å². The predicted octanol–water partition coefficient (Wildman–Crippen LogP) is 7.34. The van der Waals surface area contributed by atoms with Gasteiger partial charge in [-0.1, -0.05) is 45.7 Å². The molecule has 0 unspecified atom stereocenters. The molecule has 0 radical (unpaired) electrons. The van der Waals surface area contributed by atoms with Gasteiger partial charge in [-0.05, 0) is 88.5 Å². The molecule has 36 heavy (non-hydrogen) atoms. The molecule has 1 N–H and O–H groups in total. The Morgan fingerprint density at radius 1 is 0.917 bits per heavy atom. The van der Waals surface area contributed by atoms with Crippen LogP contribution in [0.3, 0.4) is 0 Å². The molecular weight excluding hydrogens is 474 g/mol. The van der Waals surface area contributed by atoms with Gasteiger partial charge in [0.25, 0.3) is 0 Å². The number of nitrogens with one attached hydrogen (secondary N) is 1. The van der Waals surface area contributed by atoms with Gasteiger partial charge in [0, 0.05) is 11.1 Å². The number of halogens is 1. The molecule has 3 rings (SSSR count). The SMILES string of the molecule is CCCCNCCCC.CCCOc1c(C)cc(C(=O)c2oc3ccccc3c(=O)c2C)cc1C.Cl. The van der Waals surface area contributed by atoms with Crippen LogP contribution in [0.2, 0.25) is 0 Å². The van der Waals surface area contributed by atoms with Crippen molar-refractivity contribution in [3.63, 3.8) is 0 Å².